The lowest BCUT2D eigenvalue weighted by Crippen LogP contribution is -2.25. The number of hydrogen-bond donors (Lipinski definition) is 2. The lowest BCUT2D eigenvalue weighted by Gasteiger charge is -2.12. The van der Waals surface area contributed by atoms with Gasteiger partial charge in [0.25, 0.3) is 0 Å². The fourth-order valence-electron chi connectivity index (χ4n) is 0.705. The zero-order chi connectivity index (χ0) is 9.14. The fraction of sp³-hybridized carbons (Fsp3) is 0.167. The van der Waals surface area contributed by atoms with Crippen molar-refractivity contribution in [3.8, 4) is 0 Å². The first kappa shape index (κ1) is 8.25. The summed E-state index contributed by atoms with van der Waals surface area (Å²) in [5, 5.41) is 20.8. The molecule has 0 saturated heterocycles. The average Bonchev–Trinajstić information content (AvgIpc) is 2.04. The molecule has 0 aromatic carbocycles. The standard InChI is InChI=1S/C6H6N2O4/c9-5(10)4-2-1-3-8(7-4)6(11)12/h1,3H,2H2,(H,9,10)(H,11,12). The van der Waals surface area contributed by atoms with E-state index in [9.17, 15) is 9.59 Å². The molecule has 1 aliphatic rings. The molecule has 0 saturated carbocycles. The highest BCUT2D eigenvalue weighted by molar-refractivity contribution is 6.36. The summed E-state index contributed by atoms with van der Waals surface area (Å²) in [4.78, 5) is 20.6. The van der Waals surface area contributed by atoms with Crippen LogP contribution in [0.3, 0.4) is 0 Å². The normalized spacial score (nSPS) is 15.7. The maximum absolute atomic E-state index is 10.3. The number of allylic oxidation sites excluding steroid dienone is 1. The van der Waals surface area contributed by atoms with Gasteiger partial charge < -0.3 is 10.2 Å². The van der Waals surface area contributed by atoms with Gasteiger partial charge in [0.15, 0.2) is 0 Å². The molecule has 0 aromatic rings. The number of hydrogen-bond acceptors (Lipinski definition) is 3. The Kier molecular flexibility index (Phi) is 2.09. The molecule has 0 fully saturated rings. The van der Waals surface area contributed by atoms with E-state index in [-0.39, 0.29) is 12.1 Å². The highest BCUT2D eigenvalue weighted by Gasteiger charge is 2.16. The first-order valence-corrected chi connectivity index (χ1v) is 3.11. The van der Waals surface area contributed by atoms with Gasteiger partial charge in [0.1, 0.15) is 5.71 Å². The summed E-state index contributed by atoms with van der Waals surface area (Å²) in [5.41, 5.74) is -0.181. The van der Waals surface area contributed by atoms with Gasteiger partial charge in [-0.15, -0.1) is 0 Å². The highest BCUT2D eigenvalue weighted by Crippen LogP contribution is 2.04. The number of hydrazone groups is 1. The number of carboxylic acid groups (broad SMARTS) is 2. The Hall–Kier alpha value is -1.85. The summed E-state index contributed by atoms with van der Waals surface area (Å²) < 4.78 is 0. The van der Waals surface area contributed by atoms with Gasteiger partial charge in [-0.2, -0.15) is 10.1 Å². The van der Waals surface area contributed by atoms with Gasteiger partial charge in [0.2, 0.25) is 0 Å². The van der Waals surface area contributed by atoms with E-state index >= 15 is 0 Å². The first-order valence-electron chi connectivity index (χ1n) is 3.11. The molecule has 64 valence electrons. The Balaban J connectivity index is 2.81. The molecular formula is C6H6N2O4. The second-order valence-corrected chi connectivity index (χ2v) is 2.07. The molecule has 0 atom stereocenters. The van der Waals surface area contributed by atoms with Gasteiger partial charge in [-0.1, -0.05) is 6.08 Å². The smallest absolute Gasteiger partial charge is 0.432 e. The number of rotatable bonds is 1. The van der Waals surface area contributed by atoms with Crippen LogP contribution < -0.4 is 0 Å². The van der Waals surface area contributed by atoms with Crippen molar-refractivity contribution in [2.45, 2.75) is 6.42 Å². The molecule has 12 heavy (non-hydrogen) atoms. The third-order valence-electron chi connectivity index (χ3n) is 1.23. The van der Waals surface area contributed by atoms with Gasteiger partial charge in [-0.25, -0.2) is 9.59 Å². The van der Waals surface area contributed by atoms with Crippen molar-refractivity contribution in [2.75, 3.05) is 0 Å². The molecule has 2 N–H and O–H groups in total. The first-order chi connectivity index (χ1) is 5.61. The van der Waals surface area contributed by atoms with Crippen molar-refractivity contribution in [3.05, 3.63) is 12.3 Å². The molecule has 0 radical (unpaired) electrons. The zero-order valence-corrected chi connectivity index (χ0v) is 5.97. The second kappa shape index (κ2) is 3.04. The molecule has 1 aliphatic heterocycles. The summed E-state index contributed by atoms with van der Waals surface area (Å²) >= 11 is 0. The van der Waals surface area contributed by atoms with E-state index in [1.807, 2.05) is 0 Å². The summed E-state index contributed by atoms with van der Waals surface area (Å²) in [7, 11) is 0. The predicted octanol–water partition coefficient (Wildman–Crippen LogP) is 0.324. The summed E-state index contributed by atoms with van der Waals surface area (Å²) in [6.45, 7) is 0. The SMILES string of the molecule is O=C(O)C1=NN(C(=O)O)C=CC1. The van der Waals surface area contributed by atoms with E-state index in [1.54, 1.807) is 0 Å². The topological polar surface area (TPSA) is 90.2 Å². The van der Waals surface area contributed by atoms with Crippen LogP contribution in [0.5, 0.6) is 0 Å². The van der Waals surface area contributed by atoms with E-state index in [2.05, 4.69) is 5.10 Å². The maximum atomic E-state index is 10.3. The molecule has 6 heteroatoms. The number of amides is 1. The molecule has 0 bridgehead atoms. The van der Waals surface area contributed by atoms with Crippen molar-refractivity contribution in [3.63, 3.8) is 0 Å². The highest BCUT2D eigenvalue weighted by atomic mass is 16.4. The van der Waals surface area contributed by atoms with Gasteiger partial charge in [0, 0.05) is 12.6 Å². The van der Waals surface area contributed by atoms with E-state index in [1.165, 1.54) is 12.3 Å². The summed E-state index contributed by atoms with van der Waals surface area (Å²) in [5.74, 6) is -1.20. The van der Waals surface area contributed by atoms with Gasteiger partial charge in [-0.05, 0) is 0 Å². The Morgan fingerprint density at radius 2 is 2.17 bits per heavy atom. The number of carboxylic acids is 1. The minimum absolute atomic E-state index is 0.152. The van der Waals surface area contributed by atoms with Crippen molar-refractivity contribution in [1.29, 1.82) is 0 Å². The Bertz CT molecular complexity index is 281. The lowest BCUT2D eigenvalue weighted by molar-refractivity contribution is -0.129. The minimum atomic E-state index is -1.30. The van der Waals surface area contributed by atoms with E-state index in [0.717, 1.165) is 0 Å². The Morgan fingerprint density at radius 3 is 2.67 bits per heavy atom. The lowest BCUT2D eigenvalue weighted by atomic mass is 10.2. The monoisotopic (exact) mass is 170 g/mol. The molecule has 1 rings (SSSR count). The van der Waals surface area contributed by atoms with E-state index < -0.39 is 12.1 Å². The van der Waals surface area contributed by atoms with Crippen molar-refractivity contribution in [1.82, 2.24) is 5.01 Å². The van der Waals surface area contributed by atoms with Gasteiger partial charge in [0.05, 0.1) is 0 Å². The Labute approximate surface area is 67.4 Å². The predicted molar refractivity (Wildman–Crippen MR) is 38.7 cm³/mol. The number of carbonyl (C=O) groups is 2. The zero-order valence-electron chi connectivity index (χ0n) is 5.97. The van der Waals surface area contributed by atoms with Crippen LogP contribution in [0.4, 0.5) is 4.79 Å². The Morgan fingerprint density at radius 1 is 1.50 bits per heavy atom. The van der Waals surface area contributed by atoms with Crippen LogP contribution in [0.1, 0.15) is 6.42 Å². The molecule has 6 nitrogen and oxygen atoms in total. The molecule has 0 spiro atoms. The minimum Gasteiger partial charge on any atom is -0.477 e. The van der Waals surface area contributed by atoms with Gasteiger partial charge in [-0.3, -0.25) is 0 Å². The van der Waals surface area contributed by atoms with Crippen molar-refractivity contribution >= 4 is 17.8 Å². The maximum Gasteiger partial charge on any atom is 0.432 e. The molecule has 1 amide bonds. The number of nitrogens with zero attached hydrogens (tertiary/aromatic N) is 2. The van der Waals surface area contributed by atoms with Crippen molar-refractivity contribution in [2.24, 2.45) is 5.10 Å². The average molecular weight is 170 g/mol. The number of aliphatic carboxylic acids is 1. The van der Waals surface area contributed by atoms with Crippen LogP contribution in [0.15, 0.2) is 17.4 Å². The van der Waals surface area contributed by atoms with E-state index in [0.29, 0.717) is 5.01 Å². The molecule has 0 aliphatic carbocycles. The molecule has 1 heterocycles. The van der Waals surface area contributed by atoms with Crippen LogP contribution in [-0.2, 0) is 4.79 Å². The van der Waals surface area contributed by atoms with Crippen LogP contribution in [0, 0.1) is 0 Å². The van der Waals surface area contributed by atoms with Crippen LogP contribution in [0.2, 0.25) is 0 Å². The quantitative estimate of drug-likeness (QED) is 0.593. The molecule has 0 aromatic heterocycles. The van der Waals surface area contributed by atoms with Gasteiger partial charge >= 0.3 is 12.1 Å². The molecular weight excluding hydrogens is 164 g/mol. The summed E-state index contributed by atoms with van der Waals surface area (Å²) in [6, 6.07) is 0. The van der Waals surface area contributed by atoms with Crippen LogP contribution in [0.25, 0.3) is 0 Å². The third kappa shape index (κ3) is 1.60. The third-order valence-corrected chi connectivity index (χ3v) is 1.23. The largest absolute Gasteiger partial charge is 0.477 e. The van der Waals surface area contributed by atoms with E-state index in [4.69, 9.17) is 10.2 Å². The molecule has 0 unspecified atom stereocenters. The summed E-state index contributed by atoms with van der Waals surface area (Å²) in [6.07, 6.45) is 1.48. The van der Waals surface area contributed by atoms with Crippen LogP contribution in [-0.4, -0.2) is 33.0 Å². The fourth-order valence-corrected chi connectivity index (χ4v) is 0.705. The van der Waals surface area contributed by atoms with Crippen molar-refractivity contribution < 1.29 is 19.8 Å². The van der Waals surface area contributed by atoms with Crippen LogP contribution >= 0.6 is 0 Å². The second-order valence-electron chi connectivity index (χ2n) is 2.07.